The fourth-order valence-electron chi connectivity index (χ4n) is 1.39. The smallest absolute Gasteiger partial charge is 0.0809 e. The van der Waals surface area contributed by atoms with Crippen LogP contribution in [0.25, 0.3) is 10.8 Å². The van der Waals surface area contributed by atoms with E-state index in [0.29, 0.717) is 0 Å². The molecule has 0 fully saturated rings. The molecule has 0 atom stereocenters. The Morgan fingerprint density at radius 1 is 0.900 bits per heavy atom. The summed E-state index contributed by atoms with van der Waals surface area (Å²) in [6, 6.07) is 24.7. The third kappa shape index (κ3) is 9.99. The van der Waals surface area contributed by atoms with Gasteiger partial charge in [0.1, 0.15) is 0 Å². The fraction of sp³-hybridized carbons (Fsp3) is 0.125. The Labute approximate surface area is 135 Å². The minimum atomic E-state index is -2.77. The molecule has 105 valence electrons. The first kappa shape index (κ1) is 19.1. The first-order valence-electron chi connectivity index (χ1n) is 6.27. The topological polar surface area (TPSA) is 0 Å². The molecule has 0 amide bonds. The minimum absolute atomic E-state index is 0.750. The summed E-state index contributed by atoms with van der Waals surface area (Å²) < 4.78 is 19.6. The molecule has 4 heteroatoms. The molecule has 0 bridgehead atoms. The standard InChI is InChI=1S/C9H7.C5H5.C2H7Si.2FH.Zr/c1-2-5-9-7-3-6-8(9)4-1;1-2-4-5-3-1;1-3-2;;;/h1-7H;1-5H;3H,1-2H3;2*1H;/q2*-1;;;;+4/p-2. The van der Waals surface area contributed by atoms with Crippen molar-refractivity contribution in [3.8, 4) is 0 Å². The van der Waals surface area contributed by atoms with Gasteiger partial charge in [0, 0.05) is 9.52 Å². The monoisotopic (exact) mass is 367 g/mol. The molecule has 0 unspecified atom stereocenters. The Morgan fingerprint density at radius 3 is 1.90 bits per heavy atom. The summed E-state index contributed by atoms with van der Waals surface area (Å²) in [7, 11) is 0.750. The van der Waals surface area contributed by atoms with E-state index in [1.165, 1.54) is 10.8 Å². The maximum absolute atomic E-state index is 9.80. The van der Waals surface area contributed by atoms with Crippen LogP contribution in [0.3, 0.4) is 0 Å². The molecule has 1 radical (unpaired) electrons. The Balaban J connectivity index is 0.000000281. The summed E-state index contributed by atoms with van der Waals surface area (Å²) in [4.78, 5) is 0. The normalized spacial score (nSPS) is 8.00. The van der Waals surface area contributed by atoms with E-state index in [2.05, 4.69) is 55.6 Å². The predicted molar refractivity (Wildman–Crippen MR) is 82.7 cm³/mol. The number of halogens is 2. The molecule has 0 aliphatic carbocycles. The van der Waals surface area contributed by atoms with Crippen LogP contribution in [0.15, 0.2) is 72.8 Å². The quantitative estimate of drug-likeness (QED) is 0.372. The first-order valence-corrected chi connectivity index (χ1v) is 10.4. The Kier molecular flexibility index (Phi) is 13.9. The van der Waals surface area contributed by atoms with Crippen molar-refractivity contribution >= 4 is 20.3 Å². The summed E-state index contributed by atoms with van der Waals surface area (Å²) in [5.41, 5.74) is 0. The van der Waals surface area contributed by atoms with E-state index in [1.54, 1.807) is 0 Å². The number of benzene rings is 1. The molecule has 0 aliphatic rings. The van der Waals surface area contributed by atoms with Crippen molar-refractivity contribution in [3.05, 3.63) is 72.8 Å². The zero-order valence-electron chi connectivity index (χ0n) is 11.8. The van der Waals surface area contributed by atoms with Crippen LogP contribution in [-0.4, -0.2) is 9.52 Å². The van der Waals surface area contributed by atoms with Crippen LogP contribution >= 0.6 is 0 Å². The molecule has 0 aromatic heterocycles. The molecule has 0 saturated heterocycles. The van der Waals surface area contributed by atoms with Crippen LogP contribution in [0, 0.1) is 0 Å². The Bertz CT molecular complexity index is 456. The van der Waals surface area contributed by atoms with Crippen molar-refractivity contribution in [1.82, 2.24) is 0 Å². The van der Waals surface area contributed by atoms with E-state index >= 15 is 0 Å². The summed E-state index contributed by atoms with van der Waals surface area (Å²) >= 11 is -2.77. The Hall–Kier alpha value is -0.860. The van der Waals surface area contributed by atoms with E-state index < -0.39 is 24.5 Å². The van der Waals surface area contributed by atoms with Gasteiger partial charge in [-0.2, -0.15) is 35.7 Å². The van der Waals surface area contributed by atoms with Crippen LogP contribution in [0.5, 0.6) is 0 Å². The molecule has 3 aromatic rings. The van der Waals surface area contributed by atoms with Crippen molar-refractivity contribution in [2.45, 2.75) is 13.1 Å². The molecule has 3 aromatic carbocycles. The van der Waals surface area contributed by atoms with Crippen molar-refractivity contribution < 1.29 is 29.7 Å². The van der Waals surface area contributed by atoms with Gasteiger partial charge in [-0.1, -0.05) is 19.2 Å². The van der Waals surface area contributed by atoms with Crippen molar-refractivity contribution in [2.24, 2.45) is 0 Å². The van der Waals surface area contributed by atoms with Gasteiger partial charge >= 0.3 is 29.7 Å². The van der Waals surface area contributed by atoms with Gasteiger partial charge in [0.2, 0.25) is 0 Å². The van der Waals surface area contributed by atoms with Gasteiger partial charge in [0.25, 0.3) is 0 Å². The number of hydrogen-bond donors (Lipinski definition) is 0. The van der Waals surface area contributed by atoms with E-state index in [9.17, 15) is 5.25 Å². The number of hydrogen-bond acceptors (Lipinski definition) is 0. The Morgan fingerprint density at radius 2 is 1.45 bits per heavy atom. The van der Waals surface area contributed by atoms with E-state index in [0.717, 1.165) is 9.52 Å². The van der Waals surface area contributed by atoms with Gasteiger partial charge in [0.15, 0.2) is 0 Å². The van der Waals surface area contributed by atoms with Gasteiger partial charge in [-0.3, -0.25) is 0 Å². The molecule has 0 N–H and O–H groups in total. The maximum atomic E-state index is 9.80. The zero-order chi connectivity index (χ0) is 15.1. The van der Waals surface area contributed by atoms with Crippen molar-refractivity contribution in [2.75, 3.05) is 0 Å². The van der Waals surface area contributed by atoms with Crippen LogP contribution in [0.1, 0.15) is 0 Å². The minimum Gasteiger partial charge on any atom is -0.214 e. The van der Waals surface area contributed by atoms with Crippen LogP contribution < -0.4 is 0 Å². The first-order chi connectivity index (χ1) is 9.79. The predicted octanol–water partition coefficient (Wildman–Crippen LogP) is 5.32. The van der Waals surface area contributed by atoms with Crippen molar-refractivity contribution in [1.29, 1.82) is 0 Å². The van der Waals surface area contributed by atoms with Gasteiger partial charge in [-0.25, -0.2) is 12.1 Å². The van der Waals surface area contributed by atoms with Gasteiger partial charge < -0.3 is 0 Å². The third-order valence-corrected chi connectivity index (χ3v) is 2.10. The fourth-order valence-corrected chi connectivity index (χ4v) is 1.39. The van der Waals surface area contributed by atoms with Gasteiger partial charge in [-0.15, -0.1) is 29.7 Å². The number of rotatable bonds is 0. The van der Waals surface area contributed by atoms with Crippen LogP contribution in [-0.2, 0) is 24.5 Å². The van der Waals surface area contributed by atoms with Gasteiger partial charge in [0.05, 0.1) is 0 Å². The maximum Gasteiger partial charge on any atom is -0.0809 e. The summed E-state index contributed by atoms with van der Waals surface area (Å²) in [6.07, 6.45) is 0. The molecule has 0 saturated carbocycles. The van der Waals surface area contributed by atoms with Crippen molar-refractivity contribution in [3.63, 3.8) is 0 Å². The van der Waals surface area contributed by atoms with E-state index in [1.807, 2.05) is 30.3 Å². The second-order valence-electron chi connectivity index (χ2n) is 3.77. The molecule has 3 rings (SSSR count). The summed E-state index contributed by atoms with van der Waals surface area (Å²) in [5, 5.41) is 2.66. The average Bonchev–Trinajstić information content (AvgIpc) is 3.15. The molecule has 0 aliphatic heterocycles. The second-order valence-corrected chi connectivity index (χ2v) is 5.27. The molecule has 0 nitrogen and oxygen atoms in total. The summed E-state index contributed by atoms with van der Waals surface area (Å²) in [5.74, 6) is 0. The molecular formula is C16H19F2SiZr. The third-order valence-electron chi connectivity index (χ3n) is 2.10. The van der Waals surface area contributed by atoms with Gasteiger partial charge in [-0.05, 0) is 0 Å². The molecule has 0 heterocycles. The van der Waals surface area contributed by atoms with E-state index in [-0.39, 0.29) is 0 Å². The largest absolute Gasteiger partial charge is 0.214 e. The number of fused-ring (bicyclic) bond motifs is 1. The van der Waals surface area contributed by atoms with Crippen LogP contribution in [0.4, 0.5) is 5.25 Å². The summed E-state index contributed by atoms with van der Waals surface area (Å²) in [6.45, 7) is 4.42. The second kappa shape index (κ2) is 14.5. The van der Waals surface area contributed by atoms with Crippen LogP contribution in [0.2, 0.25) is 13.1 Å². The molecule has 0 spiro atoms. The average molecular weight is 369 g/mol. The zero-order valence-corrected chi connectivity index (χ0v) is 15.4. The van der Waals surface area contributed by atoms with E-state index in [4.69, 9.17) is 0 Å². The molecule has 20 heavy (non-hydrogen) atoms. The molecular weight excluding hydrogens is 349 g/mol. The SMILES string of the molecule is C[SiH]C.[F][Zr+2][F].c1cc[cH-]c1.c1ccc2[cH-]ccc2c1.